The summed E-state index contributed by atoms with van der Waals surface area (Å²) in [7, 11) is 0. The minimum atomic E-state index is -0.414. The van der Waals surface area contributed by atoms with Gasteiger partial charge in [0.1, 0.15) is 11.6 Å². The molecule has 0 bridgehead atoms. The number of hydrogen-bond acceptors (Lipinski definition) is 4. The van der Waals surface area contributed by atoms with Crippen molar-refractivity contribution in [1.29, 1.82) is 0 Å². The SMILES string of the molecule is CCNC(=O)COc1ccc(NC(=O)CCC(=O)c2ccc(F)cc2)cc1. The smallest absolute Gasteiger partial charge is 0.257 e. The second-order valence-corrected chi connectivity index (χ2v) is 5.74. The van der Waals surface area contributed by atoms with E-state index in [0.717, 1.165) is 0 Å². The molecule has 2 amide bonds. The lowest BCUT2D eigenvalue weighted by molar-refractivity contribution is -0.123. The fourth-order valence-corrected chi connectivity index (χ4v) is 2.26. The quantitative estimate of drug-likeness (QED) is 0.663. The Hall–Kier alpha value is -3.22. The third kappa shape index (κ3) is 6.89. The summed E-state index contributed by atoms with van der Waals surface area (Å²) in [6, 6.07) is 11.8. The molecule has 142 valence electrons. The van der Waals surface area contributed by atoms with Gasteiger partial charge in [-0.1, -0.05) is 0 Å². The van der Waals surface area contributed by atoms with Crippen LogP contribution in [0.5, 0.6) is 5.75 Å². The molecular formula is C20H21FN2O4. The second-order valence-electron chi connectivity index (χ2n) is 5.74. The molecule has 6 nitrogen and oxygen atoms in total. The Morgan fingerprint density at radius 1 is 0.926 bits per heavy atom. The van der Waals surface area contributed by atoms with Crippen molar-refractivity contribution in [2.75, 3.05) is 18.5 Å². The molecule has 2 rings (SSSR count). The van der Waals surface area contributed by atoms with Gasteiger partial charge in [0, 0.05) is 30.6 Å². The Morgan fingerprint density at radius 3 is 2.22 bits per heavy atom. The Balaban J connectivity index is 1.77. The van der Waals surface area contributed by atoms with Gasteiger partial charge in [-0.2, -0.15) is 0 Å². The maximum Gasteiger partial charge on any atom is 0.257 e. The molecule has 0 spiro atoms. The van der Waals surface area contributed by atoms with Gasteiger partial charge in [0.15, 0.2) is 12.4 Å². The van der Waals surface area contributed by atoms with Gasteiger partial charge in [0.05, 0.1) is 0 Å². The van der Waals surface area contributed by atoms with Crippen LogP contribution in [0.4, 0.5) is 10.1 Å². The summed E-state index contributed by atoms with van der Waals surface area (Å²) in [5.41, 5.74) is 0.928. The Morgan fingerprint density at radius 2 is 1.59 bits per heavy atom. The number of hydrogen-bond donors (Lipinski definition) is 2. The molecule has 2 N–H and O–H groups in total. The molecule has 0 aliphatic heterocycles. The lowest BCUT2D eigenvalue weighted by Crippen LogP contribution is -2.28. The number of benzene rings is 2. The van der Waals surface area contributed by atoms with Crippen LogP contribution in [0.1, 0.15) is 30.1 Å². The molecule has 0 radical (unpaired) electrons. The number of anilines is 1. The fraction of sp³-hybridized carbons (Fsp3) is 0.250. The Labute approximate surface area is 156 Å². The molecule has 27 heavy (non-hydrogen) atoms. The Bertz CT molecular complexity index is 789. The van der Waals surface area contributed by atoms with Crippen LogP contribution >= 0.6 is 0 Å². The first-order valence-corrected chi connectivity index (χ1v) is 8.56. The van der Waals surface area contributed by atoms with Crippen LogP contribution in [-0.4, -0.2) is 30.7 Å². The van der Waals surface area contributed by atoms with E-state index >= 15 is 0 Å². The average Bonchev–Trinajstić information content (AvgIpc) is 2.66. The van der Waals surface area contributed by atoms with Crippen LogP contribution in [0, 0.1) is 5.82 Å². The highest BCUT2D eigenvalue weighted by Crippen LogP contribution is 2.16. The van der Waals surface area contributed by atoms with Crippen molar-refractivity contribution in [3.63, 3.8) is 0 Å². The molecule has 0 aliphatic rings. The summed E-state index contributed by atoms with van der Waals surface area (Å²) in [6.45, 7) is 2.28. The van der Waals surface area contributed by atoms with Crippen molar-refractivity contribution < 1.29 is 23.5 Å². The van der Waals surface area contributed by atoms with Crippen LogP contribution in [0.25, 0.3) is 0 Å². The van der Waals surface area contributed by atoms with Gasteiger partial charge < -0.3 is 15.4 Å². The number of ketones is 1. The van der Waals surface area contributed by atoms with Crippen molar-refractivity contribution in [3.05, 3.63) is 59.9 Å². The van der Waals surface area contributed by atoms with Gasteiger partial charge in [0.2, 0.25) is 5.91 Å². The highest BCUT2D eigenvalue weighted by atomic mass is 19.1. The molecule has 2 aromatic rings. The summed E-state index contributed by atoms with van der Waals surface area (Å²) in [5.74, 6) is -0.644. The third-order valence-electron chi connectivity index (χ3n) is 3.63. The minimum absolute atomic E-state index is 0.0195. The zero-order valence-electron chi connectivity index (χ0n) is 15.0. The predicted octanol–water partition coefficient (Wildman–Crippen LogP) is 2.94. The van der Waals surface area contributed by atoms with Crippen molar-refractivity contribution in [2.45, 2.75) is 19.8 Å². The summed E-state index contributed by atoms with van der Waals surface area (Å²) in [4.78, 5) is 35.3. The Kier molecular flexibility index (Phi) is 7.49. The van der Waals surface area contributed by atoms with Gasteiger partial charge >= 0.3 is 0 Å². The van der Waals surface area contributed by atoms with E-state index in [1.165, 1.54) is 24.3 Å². The zero-order valence-corrected chi connectivity index (χ0v) is 15.0. The molecule has 0 aliphatic carbocycles. The minimum Gasteiger partial charge on any atom is -0.484 e. The van der Waals surface area contributed by atoms with Gasteiger partial charge in [-0.25, -0.2) is 4.39 Å². The van der Waals surface area contributed by atoms with Crippen molar-refractivity contribution in [1.82, 2.24) is 5.32 Å². The lowest BCUT2D eigenvalue weighted by Gasteiger charge is -2.08. The first-order valence-electron chi connectivity index (χ1n) is 8.56. The topological polar surface area (TPSA) is 84.5 Å². The summed E-state index contributed by atoms with van der Waals surface area (Å²) in [5, 5.41) is 5.31. The molecule has 2 aromatic carbocycles. The van der Waals surface area contributed by atoms with Gasteiger partial charge in [0.25, 0.3) is 5.91 Å². The monoisotopic (exact) mass is 372 g/mol. The lowest BCUT2D eigenvalue weighted by atomic mass is 10.1. The van der Waals surface area contributed by atoms with Crippen molar-refractivity contribution in [3.8, 4) is 5.75 Å². The molecule has 0 fully saturated rings. The second kappa shape index (κ2) is 10.1. The van der Waals surface area contributed by atoms with Crippen LogP contribution < -0.4 is 15.4 Å². The highest BCUT2D eigenvalue weighted by molar-refractivity contribution is 6.00. The van der Waals surface area contributed by atoms with E-state index in [9.17, 15) is 18.8 Å². The number of likely N-dealkylation sites (N-methyl/N-ethyl adjacent to an activating group) is 1. The van der Waals surface area contributed by atoms with Crippen LogP contribution in [0.15, 0.2) is 48.5 Å². The van der Waals surface area contributed by atoms with E-state index < -0.39 is 5.82 Å². The summed E-state index contributed by atoms with van der Waals surface area (Å²) >= 11 is 0. The van der Waals surface area contributed by atoms with Crippen LogP contribution in [0.2, 0.25) is 0 Å². The van der Waals surface area contributed by atoms with Gasteiger partial charge in [-0.15, -0.1) is 0 Å². The molecule has 0 unspecified atom stereocenters. The molecule has 0 saturated carbocycles. The maximum absolute atomic E-state index is 12.9. The van der Waals surface area contributed by atoms with E-state index in [4.69, 9.17) is 4.74 Å². The normalized spacial score (nSPS) is 10.1. The zero-order chi connectivity index (χ0) is 19.6. The van der Waals surface area contributed by atoms with E-state index in [-0.39, 0.29) is 37.0 Å². The van der Waals surface area contributed by atoms with E-state index in [2.05, 4.69) is 10.6 Å². The van der Waals surface area contributed by atoms with Crippen molar-refractivity contribution in [2.24, 2.45) is 0 Å². The molecular weight excluding hydrogens is 351 g/mol. The average molecular weight is 372 g/mol. The molecule has 0 aromatic heterocycles. The van der Waals surface area contributed by atoms with Crippen LogP contribution in [-0.2, 0) is 9.59 Å². The van der Waals surface area contributed by atoms with E-state index in [1.54, 1.807) is 24.3 Å². The number of nitrogens with one attached hydrogen (secondary N) is 2. The molecule has 0 saturated heterocycles. The fourth-order valence-electron chi connectivity index (χ4n) is 2.26. The number of halogens is 1. The van der Waals surface area contributed by atoms with Gasteiger partial charge in [-0.05, 0) is 55.5 Å². The largest absolute Gasteiger partial charge is 0.484 e. The summed E-state index contributed by atoms with van der Waals surface area (Å²) < 4.78 is 18.2. The molecule has 0 heterocycles. The number of carbonyl (C=O) groups excluding carboxylic acids is 3. The van der Waals surface area contributed by atoms with Gasteiger partial charge in [-0.3, -0.25) is 14.4 Å². The van der Waals surface area contributed by atoms with Crippen molar-refractivity contribution >= 4 is 23.3 Å². The molecule has 0 atom stereocenters. The molecule has 7 heteroatoms. The summed E-state index contributed by atoms with van der Waals surface area (Å²) in [6.07, 6.45) is 0.0524. The standard InChI is InChI=1S/C20H21FN2O4/c1-2-22-20(26)13-27-17-9-7-16(8-10-17)23-19(25)12-11-18(24)14-3-5-15(21)6-4-14/h3-10H,2,11-13H2,1H3,(H,22,26)(H,23,25). The predicted molar refractivity (Wildman–Crippen MR) is 99.2 cm³/mol. The first kappa shape index (κ1) is 20.1. The number of Topliss-reactive ketones (excluding diaryl/α,β-unsaturated/α-hetero) is 1. The van der Waals surface area contributed by atoms with E-state index in [1.807, 2.05) is 6.92 Å². The van der Waals surface area contributed by atoms with Crippen LogP contribution in [0.3, 0.4) is 0 Å². The van der Waals surface area contributed by atoms with E-state index in [0.29, 0.717) is 23.5 Å². The maximum atomic E-state index is 12.9. The number of ether oxygens (including phenoxy) is 1. The number of amides is 2. The highest BCUT2D eigenvalue weighted by Gasteiger charge is 2.10. The number of carbonyl (C=O) groups is 3. The number of rotatable bonds is 9. The third-order valence-corrected chi connectivity index (χ3v) is 3.63. The first-order chi connectivity index (χ1) is 13.0.